The van der Waals surface area contributed by atoms with Gasteiger partial charge in [0.25, 0.3) is 0 Å². The molecule has 17 heavy (non-hydrogen) atoms. The van der Waals surface area contributed by atoms with Crippen molar-refractivity contribution in [1.29, 1.82) is 0 Å². The molecule has 0 aromatic heterocycles. The second kappa shape index (κ2) is 10.3. The number of hydrogen-bond donors (Lipinski definition) is 1. The van der Waals surface area contributed by atoms with Crippen molar-refractivity contribution in [2.24, 2.45) is 5.92 Å². The zero-order valence-corrected chi connectivity index (χ0v) is 12.6. The highest BCUT2D eigenvalue weighted by Gasteiger charge is 2.07. The molecule has 1 heterocycles. The minimum Gasteiger partial charge on any atom is -0.253 e. The van der Waals surface area contributed by atoms with E-state index in [9.17, 15) is 0 Å². The Bertz CT molecular complexity index is 172. The van der Waals surface area contributed by atoms with E-state index < -0.39 is 0 Å². The van der Waals surface area contributed by atoms with E-state index in [1.165, 1.54) is 83.7 Å². The molecule has 1 fully saturated rings. The molecule has 0 bridgehead atoms. The molecule has 1 atom stereocenters. The van der Waals surface area contributed by atoms with Crippen LogP contribution in [0.1, 0.15) is 77.6 Å². The zero-order valence-electron chi connectivity index (χ0n) is 11.7. The lowest BCUT2D eigenvalue weighted by Gasteiger charge is -2.18. The summed E-state index contributed by atoms with van der Waals surface area (Å²) in [6, 6.07) is 0. The molecule has 1 saturated heterocycles. The molecular weight excluding hydrogens is 226 g/mol. The Hall–Kier alpha value is 0.310. The summed E-state index contributed by atoms with van der Waals surface area (Å²) in [5.41, 5.74) is 0. The Kier molecular flexibility index (Phi) is 9.27. The Morgan fingerprint density at radius 1 is 0.824 bits per heavy atom. The maximum atomic E-state index is 4.54. The van der Waals surface area contributed by atoms with E-state index in [-0.39, 0.29) is 0 Å². The lowest BCUT2D eigenvalue weighted by Crippen LogP contribution is -2.15. The third-order valence-electron chi connectivity index (χ3n) is 4.13. The van der Waals surface area contributed by atoms with Crippen molar-refractivity contribution in [2.45, 2.75) is 77.6 Å². The fourth-order valence-corrected chi connectivity index (χ4v) is 3.11. The first-order valence-corrected chi connectivity index (χ1v) is 8.16. The van der Waals surface area contributed by atoms with Gasteiger partial charge in [-0.2, -0.15) is 0 Å². The van der Waals surface area contributed by atoms with Crippen LogP contribution >= 0.6 is 12.8 Å². The largest absolute Gasteiger partial charge is 0.253 e. The van der Waals surface area contributed by atoms with Gasteiger partial charge in [0.2, 0.25) is 0 Å². The van der Waals surface area contributed by atoms with Crippen LogP contribution in [-0.4, -0.2) is 17.4 Å². The first kappa shape index (κ1) is 15.4. The van der Waals surface area contributed by atoms with Crippen LogP contribution in [0, 0.1) is 5.92 Å². The normalized spacial score (nSPS) is 27.5. The maximum absolute atomic E-state index is 4.54. The molecule has 0 aromatic rings. The fraction of sp³-hybridized carbons (Fsp3) is 1.00. The molecular formula is C15H31NS. The van der Waals surface area contributed by atoms with Crippen LogP contribution in [0.5, 0.6) is 0 Å². The molecule has 0 spiro atoms. The number of nitrogens with zero attached hydrogens (tertiary/aromatic N) is 1. The first-order valence-electron chi connectivity index (χ1n) is 7.76. The Morgan fingerprint density at radius 3 is 1.88 bits per heavy atom. The fourth-order valence-electron chi connectivity index (χ4n) is 2.83. The van der Waals surface area contributed by atoms with Gasteiger partial charge >= 0.3 is 0 Å². The third-order valence-corrected chi connectivity index (χ3v) is 4.53. The molecule has 2 heteroatoms. The zero-order chi connectivity index (χ0) is 12.3. The predicted molar refractivity (Wildman–Crippen MR) is 80.5 cm³/mol. The van der Waals surface area contributed by atoms with Crippen molar-refractivity contribution < 1.29 is 0 Å². The van der Waals surface area contributed by atoms with E-state index in [2.05, 4.69) is 24.0 Å². The SMILES string of the molecule is CC[C@@H]1CCCCCCCN(S)CCCCC1. The van der Waals surface area contributed by atoms with E-state index in [4.69, 9.17) is 0 Å². The van der Waals surface area contributed by atoms with Crippen LogP contribution in [-0.2, 0) is 0 Å². The number of thiol groups is 1. The second-order valence-electron chi connectivity index (χ2n) is 5.63. The van der Waals surface area contributed by atoms with Crippen molar-refractivity contribution in [3.05, 3.63) is 0 Å². The van der Waals surface area contributed by atoms with Gasteiger partial charge < -0.3 is 0 Å². The van der Waals surface area contributed by atoms with E-state index >= 15 is 0 Å². The monoisotopic (exact) mass is 257 g/mol. The maximum Gasteiger partial charge on any atom is 0.00869 e. The van der Waals surface area contributed by atoms with E-state index in [1.54, 1.807) is 0 Å². The van der Waals surface area contributed by atoms with Crippen LogP contribution in [0.15, 0.2) is 0 Å². The molecule has 0 unspecified atom stereocenters. The van der Waals surface area contributed by atoms with Gasteiger partial charge in [-0.15, -0.1) is 0 Å². The van der Waals surface area contributed by atoms with Gasteiger partial charge in [0.1, 0.15) is 0 Å². The summed E-state index contributed by atoms with van der Waals surface area (Å²) in [6.07, 6.45) is 15.6. The molecule has 1 aliphatic rings. The smallest absolute Gasteiger partial charge is 0.00869 e. The topological polar surface area (TPSA) is 3.24 Å². The highest BCUT2D eigenvalue weighted by atomic mass is 32.1. The Labute approximate surface area is 114 Å². The average Bonchev–Trinajstić information content (AvgIpc) is 2.34. The average molecular weight is 257 g/mol. The number of rotatable bonds is 1. The van der Waals surface area contributed by atoms with E-state index in [0.717, 1.165) is 5.92 Å². The molecule has 0 aliphatic carbocycles. The standard InChI is InChI=1S/C15H31NS/c1-2-15-11-7-4-3-5-9-13-16(17)14-10-6-8-12-15/h15,17H,2-14H2,1H3/t15-/m1/s1. The van der Waals surface area contributed by atoms with E-state index in [1.807, 2.05) is 0 Å². The van der Waals surface area contributed by atoms with Gasteiger partial charge in [-0.1, -0.05) is 77.5 Å². The van der Waals surface area contributed by atoms with Crippen molar-refractivity contribution >= 4 is 12.8 Å². The molecule has 102 valence electrons. The molecule has 1 aliphatic heterocycles. The molecule has 0 N–H and O–H groups in total. The highest BCUT2D eigenvalue weighted by Crippen LogP contribution is 2.21. The van der Waals surface area contributed by atoms with Crippen molar-refractivity contribution in [1.82, 2.24) is 4.31 Å². The van der Waals surface area contributed by atoms with Gasteiger partial charge in [0, 0.05) is 13.1 Å². The summed E-state index contributed by atoms with van der Waals surface area (Å²) in [6.45, 7) is 4.73. The van der Waals surface area contributed by atoms with Crippen LogP contribution in [0.3, 0.4) is 0 Å². The lowest BCUT2D eigenvalue weighted by molar-refractivity contribution is 0.373. The number of hydrogen-bond acceptors (Lipinski definition) is 2. The minimum absolute atomic E-state index is 1.00. The van der Waals surface area contributed by atoms with Crippen LogP contribution < -0.4 is 0 Å². The summed E-state index contributed by atoms with van der Waals surface area (Å²) in [5, 5.41) is 0. The van der Waals surface area contributed by atoms with E-state index in [0.29, 0.717) is 0 Å². The van der Waals surface area contributed by atoms with Crippen LogP contribution in [0.2, 0.25) is 0 Å². The highest BCUT2D eigenvalue weighted by molar-refractivity contribution is 7.77. The second-order valence-corrected chi connectivity index (χ2v) is 6.20. The summed E-state index contributed by atoms with van der Waals surface area (Å²) in [7, 11) is 0. The van der Waals surface area contributed by atoms with Crippen LogP contribution in [0.25, 0.3) is 0 Å². The Balaban J connectivity index is 2.23. The lowest BCUT2D eigenvalue weighted by atomic mass is 9.92. The van der Waals surface area contributed by atoms with Crippen molar-refractivity contribution in [2.75, 3.05) is 13.1 Å². The predicted octanol–water partition coefficient (Wildman–Crippen LogP) is 5.07. The van der Waals surface area contributed by atoms with Crippen molar-refractivity contribution in [3.8, 4) is 0 Å². The molecule has 0 saturated carbocycles. The van der Waals surface area contributed by atoms with Gasteiger partial charge in [0.05, 0.1) is 0 Å². The van der Waals surface area contributed by atoms with Gasteiger partial charge in [-0.3, -0.25) is 4.31 Å². The molecule has 0 aromatic carbocycles. The van der Waals surface area contributed by atoms with Gasteiger partial charge in [0.15, 0.2) is 0 Å². The molecule has 1 nitrogen and oxygen atoms in total. The van der Waals surface area contributed by atoms with Crippen LogP contribution in [0.4, 0.5) is 0 Å². The summed E-state index contributed by atoms with van der Waals surface area (Å²) in [4.78, 5) is 0. The van der Waals surface area contributed by atoms with Gasteiger partial charge in [-0.05, 0) is 18.8 Å². The molecule has 0 amide bonds. The van der Waals surface area contributed by atoms with Gasteiger partial charge in [-0.25, -0.2) is 0 Å². The van der Waals surface area contributed by atoms with Crippen molar-refractivity contribution in [3.63, 3.8) is 0 Å². The Morgan fingerprint density at radius 2 is 1.29 bits per heavy atom. The first-order chi connectivity index (χ1) is 8.33. The quantitative estimate of drug-likeness (QED) is 0.642. The summed E-state index contributed by atoms with van der Waals surface area (Å²) >= 11 is 4.54. The minimum atomic E-state index is 1.00. The summed E-state index contributed by atoms with van der Waals surface area (Å²) < 4.78 is 2.23. The molecule has 1 rings (SSSR count). The third kappa shape index (κ3) is 8.10. The summed E-state index contributed by atoms with van der Waals surface area (Å²) in [5.74, 6) is 1.00. The molecule has 0 radical (unpaired) electrons.